The molecule has 2 fully saturated rings. The number of methoxy groups -OCH3 is 2. The van der Waals surface area contributed by atoms with Gasteiger partial charge in [0.1, 0.15) is 6.10 Å². The van der Waals surface area contributed by atoms with Crippen LogP contribution in [0.25, 0.3) is 11.1 Å². The molecule has 0 radical (unpaired) electrons. The lowest BCUT2D eigenvalue weighted by atomic mass is 10.0. The topological polar surface area (TPSA) is 89.6 Å². The van der Waals surface area contributed by atoms with Crippen LogP contribution in [0.3, 0.4) is 0 Å². The Balaban J connectivity index is 0.982. The molecule has 3 atom stereocenters. The molecule has 1 heterocycles. The van der Waals surface area contributed by atoms with Gasteiger partial charge in [-0.05, 0) is 67.2 Å². The summed E-state index contributed by atoms with van der Waals surface area (Å²) in [5, 5.41) is 2.99. The Kier molecular flexibility index (Phi) is 13.4. The molecule has 1 saturated heterocycles. The maximum atomic E-state index is 12.9. The van der Waals surface area contributed by atoms with E-state index in [9.17, 15) is 9.59 Å². The molecular formula is C39H51N3O6. The molecule has 0 aromatic heterocycles. The number of amides is 2. The monoisotopic (exact) mass is 657 g/mol. The van der Waals surface area contributed by atoms with Gasteiger partial charge in [-0.15, -0.1) is 0 Å². The first kappa shape index (κ1) is 35.5. The van der Waals surface area contributed by atoms with E-state index in [1.165, 1.54) is 11.1 Å². The van der Waals surface area contributed by atoms with E-state index in [0.29, 0.717) is 44.6 Å². The van der Waals surface area contributed by atoms with Gasteiger partial charge in [0.05, 0.1) is 31.9 Å². The van der Waals surface area contributed by atoms with E-state index in [2.05, 4.69) is 34.5 Å². The largest absolute Gasteiger partial charge is 0.446 e. The van der Waals surface area contributed by atoms with Crippen LogP contribution in [0.1, 0.15) is 37.3 Å². The van der Waals surface area contributed by atoms with Crippen molar-refractivity contribution in [3.63, 3.8) is 0 Å². The van der Waals surface area contributed by atoms with Crippen molar-refractivity contribution in [2.24, 2.45) is 11.8 Å². The Morgan fingerprint density at radius 3 is 2.27 bits per heavy atom. The quantitative estimate of drug-likeness (QED) is 0.135. The third kappa shape index (κ3) is 10.1. The van der Waals surface area contributed by atoms with Gasteiger partial charge in [0.15, 0.2) is 6.29 Å². The van der Waals surface area contributed by atoms with Crippen molar-refractivity contribution >= 4 is 17.7 Å². The third-order valence-electron chi connectivity index (χ3n) is 9.64. The van der Waals surface area contributed by atoms with Crippen LogP contribution in [-0.2, 0) is 36.6 Å². The molecule has 9 nitrogen and oxygen atoms in total. The number of fused-ring (bicyclic) bond motifs is 1. The molecule has 1 aliphatic carbocycles. The molecule has 0 unspecified atom stereocenters. The predicted molar refractivity (Wildman–Crippen MR) is 188 cm³/mol. The van der Waals surface area contributed by atoms with Crippen molar-refractivity contribution < 1.29 is 28.5 Å². The van der Waals surface area contributed by atoms with Gasteiger partial charge in [-0.2, -0.15) is 0 Å². The number of benzene rings is 3. The summed E-state index contributed by atoms with van der Waals surface area (Å²) in [7, 11) is 3.15. The van der Waals surface area contributed by atoms with Crippen LogP contribution in [-0.4, -0.2) is 94.4 Å². The Morgan fingerprint density at radius 1 is 0.875 bits per heavy atom. The van der Waals surface area contributed by atoms with Crippen LogP contribution in [0, 0.1) is 11.8 Å². The van der Waals surface area contributed by atoms with Crippen LogP contribution >= 0.6 is 0 Å². The zero-order valence-electron chi connectivity index (χ0n) is 28.6. The number of likely N-dealkylation sites (N-methyl/N-ethyl adjacent to an activating group) is 1. The van der Waals surface area contributed by atoms with Gasteiger partial charge < -0.3 is 28.7 Å². The van der Waals surface area contributed by atoms with Gasteiger partial charge in [-0.3, -0.25) is 10.1 Å². The Morgan fingerprint density at radius 2 is 1.56 bits per heavy atom. The second kappa shape index (κ2) is 18.1. The van der Waals surface area contributed by atoms with Crippen LogP contribution in [0.5, 0.6) is 0 Å². The smallest absolute Gasteiger partial charge is 0.411 e. The van der Waals surface area contributed by atoms with E-state index in [1.54, 1.807) is 19.1 Å². The molecule has 1 saturated carbocycles. The molecule has 2 amide bonds. The highest BCUT2D eigenvalue weighted by Gasteiger charge is 2.42. The lowest BCUT2D eigenvalue weighted by Gasteiger charge is -2.25. The van der Waals surface area contributed by atoms with Gasteiger partial charge in [0.25, 0.3) is 0 Å². The summed E-state index contributed by atoms with van der Waals surface area (Å²) in [6, 6.07) is 26.7. The SMILES string of the molecule is CCN(CC(OC)OC)C(=O)CCOCCc1cccc(CCN2C[C@H]3C[C@H](OC(=O)Nc4ccccc4-c4ccccc4)C[C@H]3C2)c1. The summed E-state index contributed by atoms with van der Waals surface area (Å²) in [5.74, 6) is 1.18. The van der Waals surface area contributed by atoms with E-state index in [0.717, 1.165) is 62.1 Å². The number of hydrogen-bond acceptors (Lipinski definition) is 7. The predicted octanol–water partition coefficient (Wildman–Crippen LogP) is 6.27. The summed E-state index contributed by atoms with van der Waals surface area (Å²) < 4.78 is 22.2. The number of ether oxygens (including phenoxy) is 4. The van der Waals surface area contributed by atoms with Gasteiger partial charge in [-0.25, -0.2) is 4.79 Å². The summed E-state index contributed by atoms with van der Waals surface area (Å²) in [5.41, 5.74) is 5.39. The highest BCUT2D eigenvalue weighted by atomic mass is 16.7. The molecule has 1 aliphatic heterocycles. The molecule has 0 bridgehead atoms. The fourth-order valence-corrected chi connectivity index (χ4v) is 7.04. The van der Waals surface area contributed by atoms with E-state index >= 15 is 0 Å². The number of nitrogens with one attached hydrogen (secondary N) is 1. The van der Waals surface area contributed by atoms with E-state index in [-0.39, 0.29) is 18.1 Å². The van der Waals surface area contributed by atoms with Gasteiger partial charge in [0, 0.05) is 46.0 Å². The molecule has 3 aromatic carbocycles. The number of carbonyl (C=O) groups excluding carboxylic acids is 2. The van der Waals surface area contributed by atoms with Crippen molar-refractivity contribution in [3.8, 4) is 11.1 Å². The molecule has 0 spiro atoms. The average Bonchev–Trinajstić information content (AvgIpc) is 3.66. The number of nitrogens with zero attached hydrogens (tertiary/aromatic N) is 2. The fourth-order valence-electron chi connectivity index (χ4n) is 7.04. The second-order valence-electron chi connectivity index (χ2n) is 12.8. The minimum Gasteiger partial charge on any atom is -0.446 e. The van der Waals surface area contributed by atoms with E-state index in [1.807, 2.05) is 61.5 Å². The first-order valence-corrected chi connectivity index (χ1v) is 17.3. The van der Waals surface area contributed by atoms with Crippen LogP contribution < -0.4 is 5.32 Å². The lowest BCUT2D eigenvalue weighted by molar-refractivity contribution is -0.145. The first-order chi connectivity index (χ1) is 23.4. The molecule has 1 N–H and O–H groups in total. The molecule has 48 heavy (non-hydrogen) atoms. The number of hydrogen-bond donors (Lipinski definition) is 1. The Bertz CT molecular complexity index is 1430. The van der Waals surface area contributed by atoms with Crippen molar-refractivity contribution in [1.29, 1.82) is 0 Å². The number of likely N-dealkylation sites (tertiary alicyclic amines) is 1. The standard InChI is InChI=1S/C39H51N3O6/c1-4-42(28-38(45-2)46-3)37(43)19-22-47-21-18-30-12-10-11-29(23-30)17-20-41-26-32-24-34(25-33(32)27-41)48-39(44)40-36-16-9-8-15-35(36)31-13-6-5-7-14-31/h5-16,23,32-34,38H,4,17-22,24-28H2,1-3H3,(H,40,44)/t32-,33+,34+. The molecule has 9 heteroatoms. The zero-order valence-corrected chi connectivity index (χ0v) is 28.6. The van der Waals surface area contributed by atoms with Crippen molar-refractivity contribution in [3.05, 3.63) is 90.0 Å². The average molecular weight is 658 g/mol. The third-order valence-corrected chi connectivity index (χ3v) is 9.64. The Labute approximate surface area is 285 Å². The Hall–Kier alpha value is -3.76. The number of anilines is 1. The minimum atomic E-state index is -0.422. The molecule has 5 rings (SSSR count). The van der Waals surface area contributed by atoms with Crippen LogP contribution in [0.4, 0.5) is 10.5 Å². The van der Waals surface area contributed by atoms with E-state index < -0.39 is 6.29 Å². The van der Waals surface area contributed by atoms with Crippen molar-refractivity contribution in [1.82, 2.24) is 9.80 Å². The van der Waals surface area contributed by atoms with Crippen molar-refractivity contribution in [2.75, 3.05) is 65.5 Å². The first-order valence-electron chi connectivity index (χ1n) is 17.3. The fraction of sp³-hybridized carbons (Fsp3) is 0.487. The highest BCUT2D eigenvalue weighted by Crippen LogP contribution is 2.39. The molecule has 2 aliphatic rings. The maximum absolute atomic E-state index is 12.9. The molecular weight excluding hydrogens is 606 g/mol. The normalized spacial score (nSPS) is 19.0. The maximum Gasteiger partial charge on any atom is 0.411 e. The summed E-state index contributed by atoms with van der Waals surface area (Å²) in [6.45, 7) is 7.09. The van der Waals surface area contributed by atoms with Crippen LogP contribution in [0.2, 0.25) is 0 Å². The summed E-state index contributed by atoms with van der Waals surface area (Å²) in [4.78, 5) is 29.7. The lowest BCUT2D eigenvalue weighted by Crippen LogP contribution is -2.39. The van der Waals surface area contributed by atoms with E-state index in [4.69, 9.17) is 18.9 Å². The van der Waals surface area contributed by atoms with Gasteiger partial charge in [-0.1, -0.05) is 72.8 Å². The number of rotatable bonds is 17. The molecule has 3 aromatic rings. The van der Waals surface area contributed by atoms with Crippen molar-refractivity contribution in [2.45, 2.75) is 51.4 Å². The highest BCUT2D eigenvalue weighted by molar-refractivity contribution is 5.91. The van der Waals surface area contributed by atoms with Crippen LogP contribution in [0.15, 0.2) is 78.9 Å². The summed E-state index contributed by atoms with van der Waals surface area (Å²) in [6.07, 6.45) is 3.18. The number of carbonyl (C=O) groups is 2. The number of para-hydroxylation sites is 1. The second-order valence-corrected chi connectivity index (χ2v) is 12.8. The summed E-state index contributed by atoms with van der Waals surface area (Å²) >= 11 is 0. The van der Waals surface area contributed by atoms with Gasteiger partial charge in [0.2, 0.25) is 5.91 Å². The van der Waals surface area contributed by atoms with Gasteiger partial charge >= 0.3 is 6.09 Å². The molecule has 258 valence electrons. The minimum absolute atomic E-state index is 0.0349. The zero-order chi connectivity index (χ0) is 33.7.